The molecular formula is C14H11ClN2OS. The lowest BCUT2D eigenvalue weighted by Crippen LogP contribution is -2.09. The molecule has 0 unspecified atom stereocenters. The highest BCUT2D eigenvalue weighted by molar-refractivity contribution is 8.26. The van der Waals surface area contributed by atoms with Gasteiger partial charge in [0.2, 0.25) is 5.12 Å². The number of nitrogens with zero attached hydrogens (tertiary/aromatic N) is 1. The Bertz CT molecular complexity index is 597. The first-order valence-corrected chi connectivity index (χ1v) is 6.71. The van der Waals surface area contributed by atoms with Crippen molar-refractivity contribution >= 4 is 39.3 Å². The van der Waals surface area contributed by atoms with Gasteiger partial charge >= 0.3 is 0 Å². The highest BCUT2D eigenvalue weighted by Crippen LogP contribution is 2.19. The molecule has 0 aliphatic rings. The fourth-order valence-electron chi connectivity index (χ4n) is 1.39. The van der Waals surface area contributed by atoms with Crippen LogP contribution in [0.3, 0.4) is 0 Å². The van der Waals surface area contributed by atoms with E-state index < -0.39 is 0 Å². The minimum atomic E-state index is -0.129. The second kappa shape index (κ2) is 6.41. The van der Waals surface area contributed by atoms with Crippen LogP contribution in [-0.4, -0.2) is 10.3 Å². The Hall–Kier alpha value is -1.78. The summed E-state index contributed by atoms with van der Waals surface area (Å²) in [6, 6.07) is 15.9. The number of thioether (sulfide) groups is 1. The fourth-order valence-corrected chi connectivity index (χ4v) is 2.11. The number of benzene rings is 2. The average Bonchev–Trinajstić information content (AvgIpc) is 2.42. The molecule has 0 saturated carbocycles. The van der Waals surface area contributed by atoms with Gasteiger partial charge in [-0.05, 0) is 36.0 Å². The molecule has 2 rings (SSSR count). The summed E-state index contributed by atoms with van der Waals surface area (Å²) in [5.41, 5.74) is 7.00. The predicted molar refractivity (Wildman–Crippen MR) is 81.1 cm³/mol. The van der Waals surface area contributed by atoms with E-state index in [-0.39, 0.29) is 10.3 Å². The number of hydrogen-bond donors (Lipinski definition) is 1. The van der Waals surface area contributed by atoms with Gasteiger partial charge in [0.25, 0.3) is 0 Å². The monoisotopic (exact) mass is 290 g/mol. The molecule has 19 heavy (non-hydrogen) atoms. The molecule has 0 bridgehead atoms. The van der Waals surface area contributed by atoms with E-state index >= 15 is 0 Å². The highest BCUT2D eigenvalue weighted by Gasteiger charge is 2.08. The Balaban J connectivity index is 2.07. The smallest absolute Gasteiger partial charge is 0.226 e. The zero-order chi connectivity index (χ0) is 13.7. The minimum Gasteiger partial charge on any atom is -0.378 e. The van der Waals surface area contributed by atoms with Gasteiger partial charge in [0.05, 0.1) is 5.69 Å². The number of halogens is 1. The third kappa shape index (κ3) is 4.12. The van der Waals surface area contributed by atoms with E-state index in [2.05, 4.69) is 4.99 Å². The van der Waals surface area contributed by atoms with Crippen molar-refractivity contribution in [1.82, 2.24) is 0 Å². The largest absolute Gasteiger partial charge is 0.378 e. The molecule has 5 heteroatoms. The van der Waals surface area contributed by atoms with E-state index in [4.69, 9.17) is 17.3 Å². The molecule has 0 aliphatic carbocycles. The maximum absolute atomic E-state index is 11.9. The number of aliphatic imine (C=N–C) groups is 1. The summed E-state index contributed by atoms with van der Waals surface area (Å²) in [7, 11) is 0. The van der Waals surface area contributed by atoms with Gasteiger partial charge in [0.1, 0.15) is 0 Å². The summed E-state index contributed by atoms with van der Waals surface area (Å²) in [5, 5.41) is 0.706. The van der Waals surface area contributed by atoms with E-state index in [0.29, 0.717) is 16.3 Å². The first-order chi connectivity index (χ1) is 9.15. The molecular weight excluding hydrogens is 280 g/mol. The third-order valence-corrected chi connectivity index (χ3v) is 3.25. The zero-order valence-electron chi connectivity index (χ0n) is 9.92. The van der Waals surface area contributed by atoms with Crippen LogP contribution in [0, 0.1) is 0 Å². The third-order valence-electron chi connectivity index (χ3n) is 2.27. The molecule has 0 aromatic heterocycles. The molecule has 0 spiro atoms. The second-order valence-electron chi connectivity index (χ2n) is 3.68. The van der Waals surface area contributed by atoms with Crippen molar-refractivity contribution < 1.29 is 4.79 Å². The normalized spacial score (nSPS) is 11.3. The van der Waals surface area contributed by atoms with Gasteiger partial charge < -0.3 is 5.73 Å². The highest BCUT2D eigenvalue weighted by atomic mass is 35.5. The van der Waals surface area contributed by atoms with Gasteiger partial charge in [0.15, 0.2) is 5.17 Å². The predicted octanol–water partition coefficient (Wildman–Crippen LogP) is 3.86. The Labute approximate surface area is 120 Å². The van der Waals surface area contributed by atoms with Crippen molar-refractivity contribution in [3.05, 3.63) is 65.2 Å². The summed E-state index contributed by atoms with van der Waals surface area (Å²) >= 11 is 6.68. The lowest BCUT2D eigenvalue weighted by atomic mass is 10.2. The fraction of sp³-hybridized carbons (Fsp3) is 0. The van der Waals surface area contributed by atoms with Gasteiger partial charge in [-0.15, -0.1) is 0 Å². The van der Waals surface area contributed by atoms with Crippen LogP contribution in [0.1, 0.15) is 10.4 Å². The Morgan fingerprint density at radius 1 is 1.05 bits per heavy atom. The van der Waals surface area contributed by atoms with Crippen LogP contribution < -0.4 is 5.73 Å². The topological polar surface area (TPSA) is 55.4 Å². The Kier molecular flexibility index (Phi) is 4.60. The molecule has 0 saturated heterocycles. The first kappa shape index (κ1) is 13.6. The molecule has 3 nitrogen and oxygen atoms in total. The van der Waals surface area contributed by atoms with E-state index in [1.807, 2.05) is 6.07 Å². The maximum atomic E-state index is 11.9. The minimum absolute atomic E-state index is 0.129. The lowest BCUT2D eigenvalue weighted by molar-refractivity contribution is 0.109. The summed E-state index contributed by atoms with van der Waals surface area (Å²) in [5.74, 6) is 0. The summed E-state index contributed by atoms with van der Waals surface area (Å²) in [4.78, 5) is 16.0. The van der Waals surface area contributed by atoms with Crippen LogP contribution in [-0.2, 0) is 0 Å². The number of hydrogen-bond acceptors (Lipinski definition) is 3. The van der Waals surface area contributed by atoms with Crippen molar-refractivity contribution in [3.63, 3.8) is 0 Å². The van der Waals surface area contributed by atoms with Crippen LogP contribution in [0.2, 0.25) is 5.02 Å². The molecule has 0 atom stereocenters. The van der Waals surface area contributed by atoms with Crippen LogP contribution in [0.25, 0.3) is 0 Å². The van der Waals surface area contributed by atoms with E-state index in [9.17, 15) is 4.79 Å². The molecule has 0 amide bonds. The SMILES string of the molecule is NC(=Nc1ccc(Cl)cc1)SC(=O)c1ccccc1. The number of carbonyl (C=O) groups is 1. The van der Waals surface area contributed by atoms with Crippen LogP contribution >= 0.6 is 23.4 Å². The van der Waals surface area contributed by atoms with E-state index in [0.717, 1.165) is 11.8 Å². The molecule has 0 fully saturated rings. The van der Waals surface area contributed by atoms with Gasteiger partial charge in [0, 0.05) is 10.6 Å². The standard InChI is InChI=1S/C14H11ClN2OS/c15-11-6-8-12(9-7-11)17-14(16)19-13(18)10-4-2-1-3-5-10/h1-9H,(H2,16,17). The molecule has 0 aliphatic heterocycles. The quantitative estimate of drug-likeness (QED) is 0.675. The number of nitrogens with two attached hydrogens (primary N) is 1. The van der Waals surface area contributed by atoms with E-state index in [1.54, 1.807) is 48.5 Å². The first-order valence-electron chi connectivity index (χ1n) is 5.52. The molecule has 2 aromatic rings. The maximum Gasteiger partial charge on any atom is 0.226 e. The molecule has 0 heterocycles. The van der Waals surface area contributed by atoms with Crippen molar-refractivity contribution in [3.8, 4) is 0 Å². The molecule has 2 aromatic carbocycles. The second-order valence-corrected chi connectivity index (χ2v) is 5.11. The Morgan fingerprint density at radius 2 is 1.68 bits per heavy atom. The molecule has 2 N–H and O–H groups in total. The van der Waals surface area contributed by atoms with Gasteiger partial charge in [-0.2, -0.15) is 0 Å². The average molecular weight is 291 g/mol. The van der Waals surface area contributed by atoms with Crippen molar-refractivity contribution in [2.24, 2.45) is 10.7 Å². The van der Waals surface area contributed by atoms with Gasteiger partial charge in [-0.3, -0.25) is 4.79 Å². The van der Waals surface area contributed by atoms with Crippen molar-refractivity contribution in [2.75, 3.05) is 0 Å². The molecule has 0 radical (unpaired) electrons. The number of amidine groups is 1. The summed E-state index contributed by atoms with van der Waals surface area (Å²) in [6.07, 6.45) is 0. The van der Waals surface area contributed by atoms with Crippen molar-refractivity contribution in [2.45, 2.75) is 0 Å². The van der Waals surface area contributed by atoms with E-state index in [1.165, 1.54) is 0 Å². The Morgan fingerprint density at radius 3 is 2.32 bits per heavy atom. The van der Waals surface area contributed by atoms with Gasteiger partial charge in [-0.1, -0.05) is 41.9 Å². The lowest BCUT2D eigenvalue weighted by Gasteiger charge is -2.00. The van der Waals surface area contributed by atoms with Crippen molar-refractivity contribution in [1.29, 1.82) is 0 Å². The zero-order valence-corrected chi connectivity index (χ0v) is 11.5. The van der Waals surface area contributed by atoms with Crippen LogP contribution in [0.4, 0.5) is 5.69 Å². The number of carbonyl (C=O) groups excluding carboxylic acids is 1. The van der Waals surface area contributed by atoms with Crippen LogP contribution in [0.5, 0.6) is 0 Å². The van der Waals surface area contributed by atoms with Gasteiger partial charge in [-0.25, -0.2) is 4.99 Å². The summed E-state index contributed by atoms with van der Waals surface area (Å²) < 4.78 is 0. The molecule has 96 valence electrons. The number of rotatable bonds is 2. The van der Waals surface area contributed by atoms with Crippen LogP contribution in [0.15, 0.2) is 59.6 Å². The summed E-state index contributed by atoms with van der Waals surface area (Å²) in [6.45, 7) is 0.